The van der Waals surface area contributed by atoms with E-state index < -0.39 is 11.8 Å². The van der Waals surface area contributed by atoms with Gasteiger partial charge in [0.05, 0.1) is 17.3 Å². The lowest BCUT2D eigenvalue weighted by atomic mass is 10.0. The van der Waals surface area contributed by atoms with Crippen molar-refractivity contribution in [2.24, 2.45) is 0 Å². The van der Waals surface area contributed by atoms with Crippen LogP contribution >= 0.6 is 0 Å². The molecule has 0 radical (unpaired) electrons. The molecule has 2 aliphatic rings. The first-order chi connectivity index (χ1) is 14.9. The van der Waals surface area contributed by atoms with E-state index in [1.54, 1.807) is 56.5 Å². The van der Waals surface area contributed by atoms with E-state index in [0.717, 1.165) is 19.3 Å². The fourth-order valence-electron chi connectivity index (χ4n) is 4.02. The molecule has 1 atom stereocenters. The van der Waals surface area contributed by atoms with Gasteiger partial charge in [-0.1, -0.05) is 12.6 Å². The SMILES string of the molecule is C=Cc1ncccc1C(=O)N1CCCCC1COc1cccc2c1C(=O)OC(C)(C)O2. The molecule has 162 valence electrons. The minimum atomic E-state index is -1.03. The predicted molar refractivity (Wildman–Crippen MR) is 115 cm³/mol. The van der Waals surface area contributed by atoms with Crippen LogP contribution in [0.2, 0.25) is 0 Å². The number of nitrogens with zero attached hydrogens (tertiary/aromatic N) is 2. The van der Waals surface area contributed by atoms with E-state index in [-0.39, 0.29) is 24.1 Å². The highest BCUT2D eigenvalue weighted by Gasteiger charge is 2.36. The zero-order chi connectivity index (χ0) is 22.0. The quantitative estimate of drug-likeness (QED) is 0.676. The molecule has 1 amide bonds. The van der Waals surface area contributed by atoms with Crippen molar-refractivity contribution < 1.29 is 23.8 Å². The van der Waals surface area contributed by atoms with Crippen LogP contribution in [0.1, 0.15) is 59.5 Å². The van der Waals surface area contributed by atoms with Crippen molar-refractivity contribution in [2.75, 3.05) is 13.2 Å². The molecule has 1 unspecified atom stereocenters. The molecular weight excluding hydrogens is 396 g/mol. The van der Waals surface area contributed by atoms with E-state index in [1.807, 2.05) is 4.90 Å². The molecule has 1 fully saturated rings. The normalized spacial score (nSPS) is 19.6. The number of carbonyl (C=O) groups excluding carboxylic acids is 2. The van der Waals surface area contributed by atoms with Crippen molar-refractivity contribution in [3.8, 4) is 11.5 Å². The maximum Gasteiger partial charge on any atom is 0.349 e. The van der Waals surface area contributed by atoms with Crippen molar-refractivity contribution in [3.05, 3.63) is 59.9 Å². The summed E-state index contributed by atoms with van der Waals surface area (Å²) in [6, 6.07) is 8.61. The second-order valence-electron chi connectivity index (χ2n) is 8.12. The molecule has 2 aliphatic heterocycles. The maximum absolute atomic E-state index is 13.2. The summed E-state index contributed by atoms with van der Waals surface area (Å²) < 4.78 is 17.2. The van der Waals surface area contributed by atoms with Gasteiger partial charge in [-0.15, -0.1) is 0 Å². The summed E-state index contributed by atoms with van der Waals surface area (Å²) in [6.45, 7) is 8.04. The van der Waals surface area contributed by atoms with Crippen molar-refractivity contribution in [1.82, 2.24) is 9.88 Å². The first-order valence-corrected chi connectivity index (χ1v) is 10.5. The number of carbonyl (C=O) groups is 2. The zero-order valence-electron chi connectivity index (χ0n) is 17.8. The predicted octanol–water partition coefficient (Wildman–Crippen LogP) is 4.08. The first kappa shape index (κ1) is 20.9. The molecule has 0 bridgehead atoms. The Morgan fingerprint density at radius 1 is 1.29 bits per heavy atom. The van der Waals surface area contributed by atoms with Gasteiger partial charge in [0.2, 0.25) is 5.79 Å². The Hall–Kier alpha value is -3.35. The summed E-state index contributed by atoms with van der Waals surface area (Å²) in [5.74, 6) is -0.771. The standard InChI is InChI=1S/C24H26N2O5/c1-4-18-17(10-8-13-25-18)22(27)26-14-6-5-9-16(26)15-29-19-11-7-12-20-21(19)23(28)31-24(2,3)30-20/h4,7-8,10-13,16H,1,5-6,9,14-15H2,2-3H3. The van der Waals surface area contributed by atoms with Gasteiger partial charge < -0.3 is 19.1 Å². The van der Waals surface area contributed by atoms with Crippen molar-refractivity contribution in [3.63, 3.8) is 0 Å². The lowest BCUT2D eigenvalue weighted by molar-refractivity contribution is -0.127. The number of hydrogen-bond acceptors (Lipinski definition) is 6. The number of fused-ring (bicyclic) bond motifs is 1. The van der Waals surface area contributed by atoms with E-state index in [4.69, 9.17) is 14.2 Å². The van der Waals surface area contributed by atoms with Crippen molar-refractivity contribution >= 4 is 18.0 Å². The monoisotopic (exact) mass is 422 g/mol. The number of likely N-dealkylation sites (tertiary alicyclic amines) is 1. The molecule has 0 N–H and O–H groups in total. The Bertz CT molecular complexity index is 1020. The van der Waals surface area contributed by atoms with Crippen molar-refractivity contribution in [1.29, 1.82) is 0 Å². The van der Waals surface area contributed by atoms with Crippen LogP contribution in [0.5, 0.6) is 11.5 Å². The lowest BCUT2D eigenvalue weighted by Gasteiger charge is -2.36. The number of hydrogen-bond donors (Lipinski definition) is 0. The van der Waals surface area contributed by atoms with Crippen LogP contribution < -0.4 is 9.47 Å². The largest absolute Gasteiger partial charge is 0.490 e. The third-order valence-corrected chi connectivity index (χ3v) is 5.47. The van der Waals surface area contributed by atoms with E-state index in [1.165, 1.54) is 0 Å². The maximum atomic E-state index is 13.2. The van der Waals surface area contributed by atoms with Gasteiger partial charge in [0, 0.05) is 26.6 Å². The number of aromatic nitrogens is 1. The molecule has 0 saturated carbocycles. The third kappa shape index (κ3) is 4.26. The van der Waals surface area contributed by atoms with Gasteiger partial charge in [-0.2, -0.15) is 0 Å². The van der Waals surface area contributed by atoms with Crippen molar-refractivity contribution in [2.45, 2.75) is 44.9 Å². The zero-order valence-corrected chi connectivity index (χ0v) is 17.8. The highest BCUT2D eigenvalue weighted by atomic mass is 16.7. The number of ether oxygens (including phenoxy) is 3. The van der Waals surface area contributed by atoms with E-state index in [9.17, 15) is 9.59 Å². The molecule has 7 heteroatoms. The summed E-state index contributed by atoms with van der Waals surface area (Å²) >= 11 is 0. The lowest BCUT2D eigenvalue weighted by Crippen LogP contribution is -2.47. The number of esters is 1. The molecule has 1 saturated heterocycles. The molecule has 1 aromatic carbocycles. The van der Waals surface area contributed by atoms with Crippen LogP contribution in [-0.4, -0.2) is 46.7 Å². The molecule has 3 heterocycles. The summed E-state index contributed by atoms with van der Waals surface area (Å²) in [5, 5.41) is 0. The third-order valence-electron chi connectivity index (χ3n) is 5.47. The Balaban J connectivity index is 1.53. The van der Waals surface area contributed by atoms with Crippen LogP contribution in [0.25, 0.3) is 6.08 Å². The van der Waals surface area contributed by atoms with Gasteiger partial charge in [-0.05, 0) is 49.6 Å². The van der Waals surface area contributed by atoms with Crippen LogP contribution in [0.15, 0.2) is 43.1 Å². The summed E-state index contributed by atoms with van der Waals surface area (Å²) in [7, 11) is 0. The molecule has 1 aromatic heterocycles. The van der Waals surface area contributed by atoms with Gasteiger partial charge in [-0.25, -0.2) is 4.79 Å². The fraction of sp³-hybridized carbons (Fsp3) is 0.375. The van der Waals surface area contributed by atoms with Gasteiger partial charge >= 0.3 is 5.97 Å². The van der Waals surface area contributed by atoms with E-state index >= 15 is 0 Å². The summed E-state index contributed by atoms with van der Waals surface area (Å²) in [5.41, 5.74) is 1.37. The van der Waals surface area contributed by atoms with Gasteiger partial charge in [0.1, 0.15) is 23.7 Å². The minimum absolute atomic E-state index is 0.0871. The molecule has 7 nitrogen and oxygen atoms in total. The second kappa shape index (κ2) is 8.41. The highest BCUT2D eigenvalue weighted by molar-refractivity contribution is 5.97. The molecule has 0 aliphatic carbocycles. The Morgan fingerprint density at radius 3 is 2.94 bits per heavy atom. The van der Waals surface area contributed by atoms with Crippen LogP contribution in [0.3, 0.4) is 0 Å². The van der Waals surface area contributed by atoms with Gasteiger partial charge in [0.25, 0.3) is 5.91 Å². The van der Waals surface area contributed by atoms with E-state index in [2.05, 4.69) is 11.6 Å². The topological polar surface area (TPSA) is 78.0 Å². The van der Waals surface area contributed by atoms with E-state index in [0.29, 0.717) is 29.3 Å². The second-order valence-corrected chi connectivity index (χ2v) is 8.12. The molecule has 31 heavy (non-hydrogen) atoms. The minimum Gasteiger partial charge on any atom is -0.490 e. The number of cyclic esters (lactones) is 1. The van der Waals surface area contributed by atoms with Crippen LogP contribution in [0, 0.1) is 0 Å². The first-order valence-electron chi connectivity index (χ1n) is 10.5. The number of rotatable bonds is 5. The number of piperidine rings is 1. The van der Waals surface area contributed by atoms with Gasteiger partial charge in [-0.3, -0.25) is 9.78 Å². The number of pyridine rings is 1. The molecule has 2 aromatic rings. The summed E-state index contributed by atoms with van der Waals surface area (Å²) in [6.07, 6.45) is 5.99. The average Bonchev–Trinajstić information content (AvgIpc) is 2.76. The number of benzene rings is 1. The molecule has 4 rings (SSSR count). The Kier molecular flexibility index (Phi) is 5.67. The van der Waals surface area contributed by atoms with Crippen LogP contribution in [-0.2, 0) is 4.74 Å². The molecular formula is C24H26N2O5. The average molecular weight is 422 g/mol. The van der Waals surface area contributed by atoms with Crippen LogP contribution in [0.4, 0.5) is 0 Å². The Labute approximate surface area is 181 Å². The van der Waals surface area contributed by atoms with Gasteiger partial charge in [0.15, 0.2) is 0 Å². The highest BCUT2D eigenvalue weighted by Crippen LogP contribution is 2.37. The smallest absolute Gasteiger partial charge is 0.349 e. The fourth-order valence-corrected chi connectivity index (χ4v) is 4.02. The molecule has 0 spiro atoms. The summed E-state index contributed by atoms with van der Waals surface area (Å²) in [4.78, 5) is 31.9. The Morgan fingerprint density at radius 2 is 2.13 bits per heavy atom. The number of amides is 1.